The van der Waals surface area contributed by atoms with Gasteiger partial charge in [-0.25, -0.2) is 8.42 Å². The number of carbonyl (C=O) groups excluding carboxylic acids is 1. The molecule has 2 fully saturated rings. The minimum absolute atomic E-state index is 0.0383. The van der Waals surface area contributed by atoms with Crippen molar-refractivity contribution in [2.45, 2.75) is 69.7 Å². The minimum Gasteiger partial charge on any atom is -0.350 e. The second-order valence-electron chi connectivity index (χ2n) is 9.83. The highest BCUT2D eigenvalue weighted by atomic mass is 32.2. The van der Waals surface area contributed by atoms with E-state index >= 15 is 0 Å². The lowest BCUT2D eigenvalue weighted by Gasteiger charge is -2.34. The first-order valence-electron chi connectivity index (χ1n) is 12.1. The Labute approximate surface area is 196 Å². The fourth-order valence-electron chi connectivity index (χ4n) is 5.26. The van der Waals surface area contributed by atoms with Gasteiger partial charge in [0.05, 0.1) is 10.4 Å². The summed E-state index contributed by atoms with van der Waals surface area (Å²) in [6.07, 6.45) is 8.42. The van der Waals surface area contributed by atoms with Crippen LogP contribution >= 0.6 is 0 Å². The van der Waals surface area contributed by atoms with Crippen LogP contribution in [0.25, 0.3) is 10.9 Å². The number of aromatic nitrogens is 1. The van der Waals surface area contributed by atoms with Crippen LogP contribution in [0, 0.1) is 11.8 Å². The zero-order valence-electron chi connectivity index (χ0n) is 19.8. The Kier molecular flexibility index (Phi) is 6.96. The summed E-state index contributed by atoms with van der Waals surface area (Å²) in [4.78, 5) is 26.5. The fraction of sp³-hybridized carbons (Fsp3) is 0.600. The van der Waals surface area contributed by atoms with E-state index in [9.17, 15) is 18.0 Å². The van der Waals surface area contributed by atoms with E-state index in [1.165, 1.54) is 10.4 Å². The Morgan fingerprint density at radius 2 is 1.73 bits per heavy atom. The number of benzene rings is 1. The molecule has 1 saturated heterocycles. The first-order chi connectivity index (χ1) is 15.7. The third-order valence-corrected chi connectivity index (χ3v) is 9.53. The monoisotopic (exact) mass is 473 g/mol. The first kappa shape index (κ1) is 24.0. The van der Waals surface area contributed by atoms with Crippen LogP contribution in [0.3, 0.4) is 0 Å². The van der Waals surface area contributed by atoms with Gasteiger partial charge < -0.3 is 9.88 Å². The highest BCUT2D eigenvalue weighted by molar-refractivity contribution is 7.89. The number of fused-ring (bicyclic) bond motifs is 1. The lowest BCUT2D eigenvalue weighted by atomic mass is 9.78. The number of pyridine rings is 1. The lowest BCUT2D eigenvalue weighted by Crippen LogP contribution is -2.45. The third-order valence-electron chi connectivity index (χ3n) is 7.63. The SMILES string of the molecule is C[C@@H]1[C@H](C)CCC[C@H]1NC(=O)c1cn(C)c2ccc(S(=O)(=O)N3CCCCCC3)cc2c1=O. The summed E-state index contributed by atoms with van der Waals surface area (Å²) in [7, 11) is -1.92. The van der Waals surface area contributed by atoms with Crippen LogP contribution in [0.5, 0.6) is 0 Å². The molecule has 0 unspecified atom stereocenters. The molecule has 7 nitrogen and oxygen atoms in total. The number of nitrogens with one attached hydrogen (secondary N) is 1. The predicted molar refractivity (Wildman–Crippen MR) is 130 cm³/mol. The van der Waals surface area contributed by atoms with Crippen LogP contribution in [0.1, 0.15) is 69.2 Å². The number of amides is 1. The molecule has 180 valence electrons. The Hall–Kier alpha value is -2.19. The van der Waals surface area contributed by atoms with E-state index in [1.807, 2.05) is 0 Å². The molecule has 4 rings (SSSR count). The molecule has 1 amide bonds. The summed E-state index contributed by atoms with van der Waals surface area (Å²) in [5, 5.41) is 3.33. The van der Waals surface area contributed by atoms with Crippen LogP contribution in [0.4, 0.5) is 0 Å². The van der Waals surface area contributed by atoms with Gasteiger partial charge in [-0.1, -0.05) is 39.5 Å². The average molecular weight is 474 g/mol. The molecule has 0 radical (unpaired) electrons. The van der Waals surface area contributed by atoms with Crippen molar-refractivity contribution in [1.29, 1.82) is 0 Å². The smallest absolute Gasteiger partial charge is 0.256 e. The normalized spacial score (nSPS) is 25.0. The summed E-state index contributed by atoms with van der Waals surface area (Å²) < 4.78 is 29.8. The second kappa shape index (κ2) is 9.58. The molecule has 0 bridgehead atoms. The van der Waals surface area contributed by atoms with Crippen LogP contribution in [0.15, 0.2) is 34.1 Å². The topological polar surface area (TPSA) is 88.5 Å². The molecule has 2 aliphatic rings. The molecule has 1 aromatic heterocycles. The van der Waals surface area contributed by atoms with Gasteiger partial charge in [0.1, 0.15) is 5.56 Å². The van der Waals surface area contributed by atoms with Gasteiger partial charge >= 0.3 is 0 Å². The summed E-state index contributed by atoms with van der Waals surface area (Å²) >= 11 is 0. The molecule has 1 aromatic carbocycles. The maximum atomic E-state index is 13.3. The Bertz CT molecular complexity index is 1200. The molecule has 1 aliphatic carbocycles. The van der Waals surface area contributed by atoms with E-state index in [2.05, 4.69) is 19.2 Å². The molecule has 0 spiro atoms. The van der Waals surface area contributed by atoms with Crippen molar-refractivity contribution >= 4 is 26.8 Å². The second-order valence-corrected chi connectivity index (χ2v) is 11.8. The van der Waals surface area contributed by atoms with Gasteiger partial charge in [0.25, 0.3) is 5.91 Å². The van der Waals surface area contributed by atoms with Crippen molar-refractivity contribution < 1.29 is 13.2 Å². The number of nitrogens with zero attached hydrogens (tertiary/aromatic N) is 2. The molecule has 8 heteroatoms. The molecule has 2 aromatic rings. The molecule has 1 aliphatic heterocycles. The largest absolute Gasteiger partial charge is 0.350 e. The number of hydrogen-bond acceptors (Lipinski definition) is 4. The highest BCUT2D eigenvalue weighted by Crippen LogP contribution is 2.29. The van der Waals surface area contributed by atoms with Crippen LogP contribution in [0.2, 0.25) is 0 Å². The average Bonchev–Trinajstić information content (AvgIpc) is 3.09. The van der Waals surface area contributed by atoms with Gasteiger partial charge in [-0.3, -0.25) is 9.59 Å². The summed E-state index contributed by atoms with van der Waals surface area (Å²) in [6, 6.07) is 4.71. The van der Waals surface area contributed by atoms with E-state index in [0.29, 0.717) is 30.4 Å². The zero-order chi connectivity index (χ0) is 23.8. The molecule has 2 heterocycles. The molecule has 33 heavy (non-hydrogen) atoms. The van der Waals surface area contributed by atoms with Crippen molar-refractivity contribution in [2.24, 2.45) is 18.9 Å². The van der Waals surface area contributed by atoms with Crippen molar-refractivity contribution in [2.75, 3.05) is 13.1 Å². The zero-order valence-corrected chi connectivity index (χ0v) is 20.7. The predicted octanol–water partition coefficient (Wildman–Crippen LogP) is 3.66. The Balaban J connectivity index is 1.69. The van der Waals surface area contributed by atoms with Crippen molar-refractivity contribution in [1.82, 2.24) is 14.2 Å². The van der Waals surface area contributed by atoms with Crippen molar-refractivity contribution in [3.63, 3.8) is 0 Å². The molecule has 1 N–H and O–H groups in total. The van der Waals surface area contributed by atoms with Gasteiger partial charge in [0.2, 0.25) is 15.5 Å². The molecular weight excluding hydrogens is 438 g/mol. The maximum Gasteiger partial charge on any atom is 0.256 e. The number of hydrogen-bond donors (Lipinski definition) is 1. The summed E-state index contributed by atoms with van der Waals surface area (Å²) in [6.45, 7) is 5.34. The third kappa shape index (κ3) is 4.73. The van der Waals surface area contributed by atoms with Gasteiger partial charge in [-0.2, -0.15) is 4.31 Å². The minimum atomic E-state index is -3.69. The van der Waals surface area contributed by atoms with E-state index < -0.39 is 15.5 Å². The summed E-state index contributed by atoms with van der Waals surface area (Å²) in [5.41, 5.74) is 0.232. The van der Waals surface area contributed by atoms with Crippen LogP contribution < -0.4 is 10.7 Å². The van der Waals surface area contributed by atoms with E-state index in [0.717, 1.165) is 44.9 Å². The quantitative estimate of drug-likeness (QED) is 0.734. The fourth-order valence-corrected chi connectivity index (χ4v) is 6.80. The number of aryl methyl sites for hydroxylation is 1. The van der Waals surface area contributed by atoms with Gasteiger partial charge in [-0.05, 0) is 49.3 Å². The standard InChI is InChI=1S/C25H35N3O4S/c1-17-9-8-10-22(18(17)2)26-25(30)21-16-27(3)23-12-11-19(15-20(23)24(21)29)33(31,32)28-13-6-4-5-7-14-28/h11-12,15-18,22H,4-10,13-14H2,1-3H3,(H,26,30)/t17-,18-,22-/m1/s1. The van der Waals surface area contributed by atoms with Crippen molar-refractivity contribution in [3.05, 3.63) is 40.2 Å². The van der Waals surface area contributed by atoms with Gasteiger partial charge in [-0.15, -0.1) is 0 Å². The highest BCUT2D eigenvalue weighted by Gasteiger charge is 2.30. The number of carbonyl (C=O) groups is 1. The van der Waals surface area contributed by atoms with E-state index in [1.54, 1.807) is 29.9 Å². The molecular formula is C25H35N3O4S. The van der Waals surface area contributed by atoms with E-state index in [-0.39, 0.29) is 27.8 Å². The van der Waals surface area contributed by atoms with Crippen LogP contribution in [-0.4, -0.2) is 42.3 Å². The number of rotatable bonds is 4. The van der Waals surface area contributed by atoms with Gasteiger partial charge in [0.15, 0.2) is 0 Å². The van der Waals surface area contributed by atoms with E-state index in [4.69, 9.17) is 0 Å². The van der Waals surface area contributed by atoms with Crippen LogP contribution in [-0.2, 0) is 17.1 Å². The molecule has 3 atom stereocenters. The summed E-state index contributed by atoms with van der Waals surface area (Å²) in [5.74, 6) is 0.483. The molecule has 1 saturated carbocycles. The maximum absolute atomic E-state index is 13.3. The van der Waals surface area contributed by atoms with Crippen molar-refractivity contribution in [3.8, 4) is 0 Å². The Morgan fingerprint density at radius 1 is 1.03 bits per heavy atom. The van der Waals surface area contributed by atoms with Gasteiger partial charge in [0, 0.05) is 37.8 Å². The Morgan fingerprint density at radius 3 is 2.42 bits per heavy atom. The first-order valence-corrected chi connectivity index (χ1v) is 13.6. The number of sulfonamides is 1. The lowest BCUT2D eigenvalue weighted by molar-refractivity contribution is 0.0889.